The van der Waals surface area contributed by atoms with E-state index in [9.17, 15) is 9.18 Å². The lowest BCUT2D eigenvalue weighted by atomic mass is 10.1. The molecular formula is C11H13ClFNO2. The summed E-state index contributed by atoms with van der Waals surface area (Å²) in [5, 5.41) is 11.8. The average Bonchev–Trinajstić information content (AvgIpc) is 2.22. The quantitative estimate of drug-likeness (QED) is 0.845. The first-order chi connectivity index (χ1) is 7.50. The van der Waals surface area contributed by atoms with Gasteiger partial charge in [-0.05, 0) is 37.1 Å². The Morgan fingerprint density at radius 2 is 2.31 bits per heavy atom. The molecule has 0 heterocycles. The number of hydrogen-bond donors (Lipinski definition) is 2. The Balaban J connectivity index is 2.49. The first-order valence-electron chi connectivity index (χ1n) is 4.90. The zero-order chi connectivity index (χ0) is 12.1. The Kier molecular flexibility index (Phi) is 4.71. The van der Waals surface area contributed by atoms with Crippen molar-refractivity contribution in [2.75, 3.05) is 6.54 Å². The molecule has 0 fully saturated rings. The van der Waals surface area contributed by atoms with Crippen LogP contribution < -0.4 is 5.32 Å². The van der Waals surface area contributed by atoms with Crippen LogP contribution in [-0.2, 0) is 11.2 Å². The van der Waals surface area contributed by atoms with Crippen molar-refractivity contribution in [1.29, 1.82) is 0 Å². The molecule has 0 aliphatic carbocycles. The highest BCUT2D eigenvalue weighted by Gasteiger charge is 2.08. The van der Waals surface area contributed by atoms with E-state index in [1.807, 2.05) is 0 Å². The normalized spacial score (nSPS) is 12.2. The molecule has 1 amide bonds. The third kappa shape index (κ3) is 3.79. The number of nitrogens with one attached hydrogen (secondary N) is 1. The Morgan fingerprint density at radius 1 is 1.62 bits per heavy atom. The van der Waals surface area contributed by atoms with Crippen LogP contribution in [0.15, 0.2) is 18.2 Å². The lowest BCUT2D eigenvalue weighted by Crippen LogP contribution is -2.33. The van der Waals surface area contributed by atoms with Gasteiger partial charge in [-0.3, -0.25) is 4.79 Å². The summed E-state index contributed by atoms with van der Waals surface area (Å²) in [6.07, 6.45) is -0.714. The maximum atomic E-state index is 13.2. The third-order valence-corrected chi connectivity index (χ3v) is 2.32. The summed E-state index contributed by atoms with van der Waals surface area (Å²) in [5.41, 5.74) is 0.443. The smallest absolute Gasteiger partial charge is 0.248 e. The molecule has 1 aromatic carbocycles. The van der Waals surface area contributed by atoms with E-state index in [4.69, 9.17) is 16.7 Å². The summed E-state index contributed by atoms with van der Waals surface area (Å²) >= 11 is 5.71. The predicted molar refractivity (Wildman–Crippen MR) is 59.8 cm³/mol. The zero-order valence-corrected chi connectivity index (χ0v) is 9.59. The van der Waals surface area contributed by atoms with E-state index in [0.29, 0.717) is 17.0 Å². The standard InChI is InChI=1S/C11H13ClFNO2/c1-7(15)11(16)14-5-4-8-6-9(12)2-3-10(8)13/h2-3,6-7,15H,4-5H2,1H3,(H,14,16). The molecule has 5 heteroatoms. The molecule has 16 heavy (non-hydrogen) atoms. The van der Waals surface area contributed by atoms with Gasteiger partial charge in [-0.15, -0.1) is 0 Å². The number of amides is 1. The highest BCUT2D eigenvalue weighted by Crippen LogP contribution is 2.14. The van der Waals surface area contributed by atoms with Gasteiger partial charge in [0.05, 0.1) is 0 Å². The van der Waals surface area contributed by atoms with Crippen LogP contribution >= 0.6 is 11.6 Å². The van der Waals surface area contributed by atoms with Gasteiger partial charge in [-0.25, -0.2) is 4.39 Å². The number of rotatable bonds is 4. The van der Waals surface area contributed by atoms with Crippen LogP contribution in [0, 0.1) is 5.82 Å². The molecule has 0 aromatic heterocycles. The van der Waals surface area contributed by atoms with Crippen LogP contribution in [0.1, 0.15) is 12.5 Å². The molecule has 1 unspecified atom stereocenters. The van der Waals surface area contributed by atoms with Crippen LogP contribution in [0.5, 0.6) is 0 Å². The van der Waals surface area contributed by atoms with Crippen molar-refractivity contribution < 1.29 is 14.3 Å². The maximum absolute atomic E-state index is 13.2. The fourth-order valence-electron chi connectivity index (χ4n) is 1.20. The Hall–Kier alpha value is -1.13. The van der Waals surface area contributed by atoms with Gasteiger partial charge in [0.15, 0.2) is 0 Å². The van der Waals surface area contributed by atoms with Gasteiger partial charge < -0.3 is 10.4 Å². The summed E-state index contributed by atoms with van der Waals surface area (Å²) in [5.74, 6) is -0.821. The van der Waals surface area contributed by atoms with Crippen LogP contribution in [0.2, 0.25) is 5.02 Å². The van der Waals surface area contributed by atoms with Crippen LogP contribution in [-0.4, -0.2) is 23.7 Å². The van der Waals surface area contributed by atoms with Gasteiger partial charge in [0, 0.05) is 11.6 Å². The molecule has 1 atom stereocenters. The second kappa shape index (κ2) is 5.82. The molecule has 0 bridgehead atoms. The summed E-state index contributed by atoms with van der Waals surface area (Å²) in [6, 6.07) is 4.27. The molecule has 0 saturated carbocycles. The lowest BCUT2D eigenvalue weighted by Gasteiger charge is -2.07. The van der Waals surface area contributed by atoms with Gasteiger partial charge >= 0.3 is 0 Å². The summed E-state index contributed by atoms with van der Waals surface area (Å²) in [6.45, 7) is 1.64. The summed E-state index contributed by atoms with van der Waals surface area (Å²) in [7, 11) is 0. The SMILES string of the molecule is CC(O)C(=O)NCCc1cc(Cl)ccc1F. The molecule has 88 valence electrons. The summed E-state index contributed by atoms with van der Waals surface area (Å²) < 4.78 is 13.2. The van der Waals surface area contributed by atoms with E-state index < -0.39 is 12.0 Å². The highest BCUT2D eigenvalue weighted by molar-refractivity contribution is 6.30. The fourth-order valence-corrected chi connectivity index (χ4v) is 1.40. The van der Waals surface area contributed by atoms with Gasteiger partial charge in [-0.2, -0.15) is 0 Å². The predicted octanol–water partition coefficient (Wildman–Crippen LogP) is 1.52. The van der Waals surface area contributed by atoms with Crippen molar-refractivity contribution in [3.8, 4) is 0 Å². The second-order valence-electron chi connectivity index (χ2n) is 3.45. The van der Waals surface area contributed by atoms with Crippen molar-refractivity contribution in [3.63, 3.8) is 0 Å². The monoisotopic (exact) mass is 245 g/mol. The van der Waals surface area contributed by atoms with Gasteiger partial charge in [0.2, 0.25) is 5.91 Å². The maximum Gasteiger partial charge on any atom is 0.248 e. The number of carbonyl (C=O) groups excluding carboxylic acids is 1. The van der Waals surface area contributed by atoms with Gasteiger partial charge in [0.1, 0.15) is 11.9 Å². The van der Waals surface area contributed by atoms with Crippen molar-refractivity contribution in [3.05, 3.63) is 34.6 Å². The zero-order valence-electron chi connectivity index (χ0n) is 8.84. The first-order valence-corrected chi connectivity index (χ1v) is 5.28. The minimum Gasteiger partial charge on any atom is -0.384 e. The van der Waals surface area contributed by atoms with Crippen LogP contribution in [0.25, 0.3) is 0 Å². The van der Waals surface area contributed by atoms with E-state index >= 15 is 0 Å². The summed E-state index contributed by atoms with van der Waals surface area (Å²) in [4.78, 5) is 11.0. The van der Waals surface area contributed by atoms with Crippen LogP contribution in [0.3, 0.4) is 0 Å². The minimum absolute atomic E-state index is 0.265. The van der Waals surface area contributed by atoms with E-state index in [1.54, 1.807) is 0 Å². The molecule has 1 aromatic rings. The molecule has 1 rings (SSSR count). The van der Waals surface area contributed by atoms with Crippen molar-refractivity contribution >= 4 is 17.5 Å². The minimum atomic E-state index is -1.05. The first kappa shape index (κ1) is 12.9. The van der Waals surface area contributed by atoms with Crippen molar-refractivity contribution in [1.82, 2.24) is 5.32 Å². The van der Waals surface area contributed by atoms with E-state index in [1.165, 1.54) is 25.1 Å². The Labute approximate surface area is 98.2 Å². The Bertz CT molecular complexity index is 382. The molecule has 3 nitrogen and oxygen atoms in total. The highest BCUT2D eigenvalue weighted by atomic mass is 35.5. The number of aliphatic hydroxyl groups is 1. The molecule has 0 aliphatic heterocycles. The van der Waals surface area contributed by atoms with Crippen molar-refractivity contribution in [2.24, 2.45) is 0 Å². The topological polar surface area (TPSA) is 49.3 Å². The molecule has 2 N–H and O–H groups in total. The van der Waals surface area contributed by atoms with E-state index in [0.717, 1.165) is 0 Å². The lowest BCUT2D eigenvalue weighted by molar-refractivity contribution is -0.128. The van der Waals surface area contributed by atoms with Gasteiger partial charge in [0.25, 0.3) is 0 Å². The fraction of sp³-hybridized carbons (Fsp3) is 0.364. The second-order valence-corrected chi connectivity index (χ2v) is 3.89. The Morgan fingerprint density at radius 3 is 2.94 bits per heavy atom. The molecule has 0 saturated heterocycles. The number of benzene rings is 1. The van der Waals surface area contributed by atoms with Gasteiger partial charge in [-0.1, -0.05) is 11.6 Å². The third-order valence-electron chi connectivity index (χ3n) is 2.08. The molecule has 0 aliphatic rings. The molecular weight excluding hydrogens is 233 g/mol. The number of carbonyl (C=O) groups is 1. The molecule has 0 spiro atoms. The van der Waals surface area contributed by atoms with E-state index in [-0.39, 0.29) is 12.4 Å². The number of hydrogen-bond acceptors (Lipinski definition) is 2. The van der Waals surface area contributed by atoms with Crippen molar-refractivity contribution in [2.45, 2.75) is 19.4 Å². The van der Waals surface area contributed by atoms with E-state index in [2.05, 4.69) is 5.32 Å². The number of aliphatic hydroxyl groups excluding tert-OH is 1. The molecule has 0 radical (unpaired) electrons. The number of halogens is 2. The largest absolute Gasteiger partial charge is 0.384 e. The average molecular weight is 246 g/mol. The van der Waals surface area contributed by atoms with Crippen LogP contribution in [0.4, 0.5) is 4.39 Å².